The monoisotopic (exact) mass is 414 g/mol. The lowest BCUT2D eigenvalue weighted by atomic mass is 10.1. The Labute approximate surface area is 180 Å². The van der Waals surface area contributed by atoms with Gasteiger partial charge in [0.05, 0.1) is 19.4 Å². The van der Waals surface area contributed by atoms with Crippen LogP contribution < -0.4 is 9.47 Å². The third kappa shape index (κ3) is 4.19. The van der Waals surface area contributed by atoms with Gasteiger partial charge in [0.1, 0.15) is 5.76 Å². The van der Waals surface area contributed by atoms with E-state index in [2.05, 4.69) is 16.7 Å². The summed E-state index contributed by atoms with van der Waals surface area (Å²) < 4.78 is 18.5. The highest BCUT2D eigenvalue weighted by Gasteiger charge is 2.22. The van der Waals surface area contributed by atoms with Crippen molar-refractivity contribution in [2.45, 2.75) is 19.6 Å². The number of hydrogen-bond acceptors (Lipinski definition) is 4. The first-order valence-electron chi connectivity index (χ1n) is 10.2. The summed E-state index contributed by atoms with van der Waals surface area (Å²) in [4.78, 5) is 15.2. The van der Waals surface area contributed by atoms with Crippen LogP contribution in [0.5, 0.6) is 11.5 Å². The predicted octanol–water partition coefficient (Wildman–Crippen LogP) is 4.70. The van der Waals surface area contributed by atoms with Gasteiger partial charge in [0.25, 0.3) is 5.91 Å². The van der Waals surface area contributed by atoms with Crippen LogP contribution in [0.3, 0.4) is 0 Å². The Balaban J connectivity index is 1.41. The lowest BCUT2D eigenvalue weighted by Crippen LogP contribution is -2.31. The predicted molar refractivity (Wildman–Crippen MR) is 115 cm³/mol. The number of carbonyl (C=O) groups is 1. The largest absolute Gasteiger partial charge is 0.467 e. The highest BCUT2D eigenvalue weighted by atomic mass is 16.7. The maximum atomic E-state index is 13.4. The van der Waals surface area contributed by atoms with Gasteiger partial charge in [-0.05, 0) is 48.0 Å². The summed E-state index contributed by atoms with van der Waals surface area (Å²) in [6.45, 7) is 1.75. The molecule has 156 valence electrons. The van der Waals surface area contributed by atoms with Gasteiger partial charge >= 0.3 is 0 Å². The van der Waals surface area contributed by atoms with E-state index in [1.54, 1.807) is 29.4 Å². The van der Waals surface area contributed by atoms with Gasteiger partial charge in [-0.15, -0.1) is 0 Å². The fraction of sp³-hybridized carbons (Fsp3) is 0.160. The highest BCUT2D eigenvalue weighted by molar-refractivity contribution is 5.95. The summed E-state index contributed by atoms with van der Waals surface area (Å²) in [5.74, 6) is 1.89. The Morgan fingerprint density at radius 3 is 2.61 bits per heavy atom. The second-order valence-corrected chi connectivity index (χ2v) is 7.42. The van der Waals surface area contributed by atoms with Crippen molar-refractivity contribution in [1.29, 1.82) is 0 Å². The molecule has 0 saturated heterocycles. The maximum Gasteiger partial charge on any atom is 0.254 e. The Morgan fingerprint density at radius 2 is 1.77 bits per heavy atom. The van der Waals surface area contributed by atoms with Gasteiger partial charge in [0.15, 0.2) is 11.5 Å². The smallest absolute Gasteiger partial charge is 0.254 e. The topological polar surface area (TPSA) is 56.8 Å². The number of aromatic nitrogens is 1. The molecule has 0 saturated carbocycles. The lowest BCUT2D eigenvalue weighted by Gasteiger charge is -2.23. The van der Waals surface area contributed by atoms with Crippen molar-refractivity contribution in [2.24, 2.45) is 0 Å². The van der Waals surface area contributed by atoms with Gasteiger partial charge in [-0.25, -0.2) is 0 Å². The molecule has 6 nitrogen and oxygen atoms in total. The average molecular weight is 414 g/mol. The minimum absolute atomic E-state index is 0.0952. The molecule has 0 radical (unpaired) electrons. The molecule has 0 unspecified atom stereocenters. The van der Waals surface area contributed by atoms with Gasteiger partial charge in [-0.3, -0.25) is 4.79 Å². The van der Waals surface area contributed by atoms with Crippen LogP contribution in [0.15, 0.2) is 89.7 Å². The number of rotatable bonds is 7. The second kappa shape index (κ2) is 8.44. The summed E-state index contributed by atoms with van der Waals surface area (Å²) in [5, 5.41) is 0. The second-order valence-electron chi connectivity index (χ2n) is 7.42. The maximum absolute atomic E-state index is 13.4. The van der Waals surface area contributed by atoms with E-state index in [1.807, 2.05) is 48.7 Å². The van der Waals surface area contributed by atoms with E-state index < -0.39 is 0 Å². The summed E-state index contributed by atoms with van der Waals surface area (Å²) >= 11 is 0. The molecule has 3 heterocycles. The van der Waals surface area contributed by atoms with Crippen molar-refractivity contribution in [2.75, 3.05) is 6.79 Å². The molecule has 2 aromatic carbocycles. The first kappa shape index (κ1) is 19.1. The number of ether oxygens (including phenoxy) is 2. The number of amides is 1. The van der Waals surface area contributed by atoms with Crippen LogP contribution in [0.4, 0.5) is 0 Å². The summed E-state index contributed by atoms with van der Waals surface area (Å²) in [6.07, 6.45) is 3.66. The van der Waals surface area contributed by atoms with Crippen molar-refractivity contribution < 1.29 is 18.7 Å². The molecule has 1 aliphatic heterocycles. The van der Waals surface area contributed by atoms with Gasteiger partial charge < -0.3 is 23.4 Å². The Hall–Kier alpha value is -3.93. The molecular weight excluding hydrogens is 392 g/mol. The normalized spacial score (nSPS) is 12.1. The number of benzene rings is 2. The minimum Gasteiger partial charge on any atom is -0.467 e. The molecule has 0 N–H and O–H groups in total. The van der Waals surface area contributed by atoms with E-state index in [0.717, 1.165) is 18.0 Å². The van der Waals surface area contributed by atoms with Crippen LogP contribution in [0.1, 0.15) is 27.4 Å². The fourth-order valence-corrected chi connectivity index (χ4v) is 3.73. The van der Waals surface area contributed by atoms with Gasteiger partial charge in [0.2, 0.25) is 6.79 Å². The molecule has 0 aliphatic carbocycles. The highest BCUT2D eigenvalue weighted by Crippen LogP contribution is 2.33. The Bertz CT molecular complexity index is 1170. The number of fused-ring (bicyclic) bond motifs is 1. The van der Waals surface area contributed by atoms with Crippen LogP contribution >= 0.6 is 0 Å². The molecule has 4 aromatic rings. The zero-order valence-corrected chi connectivity index (χ0v) is 16.9. The third-order valence-corrected chi connectivity index (χ3v) is 5.31. The van der Waals surface area contributed by atoms with E-state index in [9.17, 15) is 4.79 Å². The van der Waals surface area contributed by atoms with Crippen LogP contribution in [0, 0.1) is 0 Å². The first-order valence-corrected chi connectivity index (χ1v) is 10.2. The van der Waals surface area contributed by atoms with E-state index in [0.29, 0.717) is 30.2 Å². The van der Waals surface area contributed by atoms with E-state index in [4.69, 9.17) is 13.9 Å². The zero-order valence-electron chi connectivity index (χ0n) is 16.9. The number of hydrogen-bond donors (Lipinski definition) is 0. The first-order chi connectivity index (χ1) is 15.3. The lowest BCUT2D eigenvalue weighted by molar-refractivity contribution is 0.0713. The Morgan fingerprint density at radius 1 is 0.903 bits per heavy atom. The molecule has 1 aliphatic rings. The minimum atomic E-state index is -0.0952. The van der Waals surface area contributed by atoms with E-state index >= 15 is 0 Å². The molecular formula is C25H22N2O4. The third-order valence-electron chi connectivity index (χ3n) is 5.31. The fourth-order valence-electron chi connectivity index (χ4n) is 3.73. The van der Waals surface area contributed by atoms with Gasteiger partial charge in [-0.1, -0.05) is 30.3 Å². The molecule has 6 heteroatoms. The van der Waals surface area contributed by atoms with Gasteiger partial charge in [-0.2, -0.15) is 0 Å². The molecule has 5 rings (SSSR count). The molecule has 0 fully saturated rings. The summed E-state index contributed by atoms with van der Waals surface area (Å²) in [7, 11) is 0. The standard InChI is InChI=1S/C25H22N2O4/c28-25(20-10-11-23-24(14-20)31-18-30-23)27(17-22-9-5-13-29-22)16-21-8-4-12-26(21)15-19-6-2-1-3-7-19/h1-14H,15-18H2. The van der Waals surface area contributed by atoms with Crippen molar-refractivity contribution >= 4 is 5.91 Å². The Kier molecular flexibility index (Phi) is 5.19. The number of furan rings is 1. The molecule has 0 atom stereocenters. The molecule has 1 amide bonds. The SMILES string of the molecule is O=C(c1ccc2c(c1)OCO2)N(Cc1ccco1)Cc1cccn1Cc1ccccc1. The van der Waals surface area contributed by atoms with Crippen molar-refractivity contribution in [3.05, 3.63) is 108 Å². The summed E-state index contributed by atoms with van der Waals surface area (Å²) in [5.41, 5.74) is 2.81. The van der Waals surface area contributed by atoms with Crippen LogP contribution in [0.2, 0.25) is 0 Å². The zero-order chi connectivity index (χ0) is 21.0. The summed E-state index contributed by atoms with van der Waals surface area (Å²) in [6, 6.07) is 23.3. The molecule has 0 spiro atoms. The van der Waals surface area contributed by atoms with Gasteiger partial charge in [0, 0.05) is 24.0 Å². The number of carbonyl (C=O) groups excluding carboxylic acids is 1. The van der Waals surface area contributed by atoms with Crippen molar-refractivity contribution in [3.8, 4) is 11.5 Å². The quantitative estimate of drug-likeness (QED) is 0.440. The van der Waals surface area contributed by atoms with E-state index in [1.165, 1.54) is 5.56 Å². The van der Waals surface area contributed by atoms with Crippen LogP contribution in [-0.2, 0) is 19.6 Å². The van der Waals surface area contributed by atoms with E-state index in [-0.39, 0.29) is 12.7 Å². The van der Waals surface area contributed by atoms with Crippen molar-refractivity contribution in [1.82, 2.24) is 9.47 Å². The van der Waals surface area contributed by atoms with Crippen LogP contribution in [-0.4, -0.2) is 22.2 Å². The van der Waals surface area contributed by atoms with Crippen molar-refractivity contribution in [3.63, 3.8) is 0 Å². The molecule has 0 bridgehead atoms. The average Bonchev–Trinajstić information content (AvgIpc) is 3.56. The molecule has 2 aromatic heterocycles. The van der Waals surface area contributed by atoms with Crippen LogP contribution in [0.25, 0.3) is 0 Å². The number of nitrogens with zero attached hydrogens (tertiary/aromatic N) is 2. The molecule has 31 heavy (non-hydrogen) atoms.